The molecule has 0 spiro atoms. The monoisotopic (exact) mass is 258 g/mol. The number of benzene rings is 1. The van der Waals surface area contributed by atoms with E-state index >= 15 is 0 Å². The molecule has 94 valence electrons. The number of carbonyl (C=O) groups is 1. The molecule has 0 radical (unpaired) electrons. The van der Waals surface area contributed by atoms with Crippen LogP contribution in [0.15, 0.2) is 30.3 Å². The predicted molar refractivity (Wildman–Crippen MR) is 66.9 cm³/mol. The molecule has 1 saturated heterocycles. The first kappa shape index (κ1) is 13.9. The van der Waals surface area contributed by atoms with Gasteiger partial charge in [0, 0.05) is 19.5 Å². The van der Waals surface area contributed by atoms with E-state index in [2.05, 4.69) is 10.6 Å². The van der Waals surface area contributed by atoms with Crippen molar-refractivity contribution in [3.05, 3.63) is 35.9 Å². The molecule has 2 rings (SSSR count). The fraction of sp³-hybridized carbons (Fsp3) is 0.417. The lowest BCUT2D eigenvalue weighted by Gasteiger charge is -2.17. The van der Waals surface area contributed by atoms with E-state index in [4.69, 9.17) is 0 Å². The van der Waals surface area contributed by atoms with Gasteiger partial charge in [-0.2, -0.15) is 0 Å². The Morgan fingerprint density at radius 2 is 2.12 bits per heavy atom. The van der Waals surface area contributed by atoms with Crippen molar-refractivity contribution in [2.75, 3.05) is 13.1 Å². The van der Waals surface area contributed by atoms with Crippen molar-refractivity contribution in [1.29, 1.82) is 0 Å². The van der Waals surface area contributed by atoms with Crippen LogP contribution in [-0.2, 0) is 11.3 Å². The molecular formula is C12H16ClFN2O. The summed E-state index contributed by atoms with van der Waals surface area (Å²) >= 11 is 0. The van der Waals surface area contributed by atoms with E-state index in [-0.39, 0.29) is 25.4 Å². The molecule has 0 aromatic heterocycles. The molecule has 1 aromatic carbocycles. The van der Waals surface area contributed by atoms with Crippen molar-refractivity contribution in [3.63, 3.8) is 0 Å². The lowest BCUT2D eigenvalue weighted by molar-refractivity contribution is -0.131. The molecule has 17 heavy (non-hydrogen) atoms. The average molecular weight is 259 g/mol. The Morgan fingerprint density at radius 3 is 2.71 bits per heavy atom. The van der Waals surface area contributed by atoms with Crippen molar-refractivity contribution < 1.29 is 9.18 Å². The largest absolute Gasteiger partial charge is 0.349 e. The molecule has 0 saturated carbocycles. The molecule has 1 aliphatic rings. The van der Waals surface area contributed by atoms with E-state index in [0.717, 1.165) is 5.56 Å². The Morgan fingerprint density at radius 1 is 1.41 bits per heavy atom. The van der Waals surface area contributed by atoms with Crippen LogP contribution in [0, 0.1) is 0 Å². The molecule has 1 unspecified atom stereocenters. The van der Waals surface area contributed by atoms with Gasteiger partial charge in [0.05, 0.1) is 0 Å². The number of alkyl halides is 1. The van der Waals surface area contributed by atoms with Crippen molar-refractivity contribution in [3.8, 4) is 0 Å². The molecule has 5 heteroatoms. The smallest absolute Gasteiger partial charge is 0.259 e. The van der Waals surface area contributed by atoms with Crippen molar-refractivity contribution in [1.82, 2.24) is 10.6 Å². The second-order valence-corrected chi connectivity index (χ2v) is 4.06. The van der Waals surface area contributed by atoms with E-state index in [9.17, 15) is 9.18 Å². The van der Waals surface area contributed by atoms with Crippen LogP contribution in [0.2, 0.25) is 0 Å². The van der Waals surface area contributed by atoms with Crippen LogP contribution in [0.25, 0.3) is 0 Å². The van der Waals surface area contributed by atoms with Gasteiger partial charge in [0.2, 0.25) is 5.67 Å². The second kappa shape index (κ2) is 5.98. The fourth-order valence-corrected chi connectivity index (χ4v) is 1.79. The molecule has 3 nitrogen and oxygen atoms in total. The van der Waals surface area contributed by atoms with E-state index in [1.165, 1.54) is 0 Å². The number of hydrogen-bond acceptors (Lipinski definition) is 2. The third-order valence-corrected chi connectivity index (χ3v) is 2.81. The fourth-order valence-electron chi connectivity index (χ4n) is 1.79. The van der Waals surface area contributed by atoms with E-state index in [1.54, 1.807) is 0 Å². The molecule has 1 aromatic rings. The van der Waals surface area contributed by atoms with Gasteiger partial charge in [-0.1, -0.05) is 30.3 Å². The Balaban J connectivity index is 0.00000144. The number of carbonyl (C=O) groups excluding carboxylic acids is 1. The van der Waals surface area contributed by atoms with Crippen LogP contribution in [0.3, 0.4) is 0 Å². The van der Waals surface area contributed by atoms with E-state index < -0.39 is 11.6 Å². The lowest BCUT2D eigenvalue weighted by atomic mass is 10.0. The standard InChI is InChI=1S/C12H15FN2O.ClH/c13-12(6-7-14-9-12)11(16)15-8-10-4-2-1-3-5-10;/h1-5,14H,6-9H2,(H,15,16);1H. The van der Waals surface area contributed by atoms with Gasteiger partial charge in [0.15, 0.2) is 0 Å². The van der Waals surface area contributed by atoms with Crippen LogP contribution in [0.4, 0.5) is 4.39 Å². The van der Waals surface area contributed by atoms with Crippen LogP contribution in [0.1, 0.15) is 12.0 Å². The van der Waals surface area contributed by atoms with Crippen LogP contribution >= 0.6 is 12.4 Å². The van der Waals surface area contributed by atoms with Gasteiger partial charge < -0.3 is 10.6 Å². The Labute approximate surface area is 106 Å². The zero-order chi connectivity index (χ0) is 11.4. The highest BCUT2D eigenvalue weighted by Crippen LogP contribution is 2.19. The summed E-state index contributed by atoms with van der Waals surface area (Å²) in [6, 6.07) is 9.49. The van der Waals surface area contributed by atoms with Gasteiger partial charge in [0.25, 0.3) is 5.91 Å². The maximum absolute atomic E-state index is 13.9. The Bertz CT molecular complexity index is 366. The first-order chi connectivity index (χ1) is 7.71. The van der Waals surface area contributed by atoms with Crippen LogP contribution in [0.5, 0.6) is 0 Å². The second-order valence-electron chi connectivity index (χ2n) is 4.06. The zero-order valence-corrected chi connectivity index (χ0v) is 10.2. The minimum Gasteiger partial charge on any atom is -0.349 e. The van der Waals surface area contributed by atoms with Gasteiger partial charge in [-0.15, -0.1) is 12.4 Å². The molecule has 0 bridgehead atoms. The normalized spacial score (nSPS) is 22.9. The summed E-state index contributed by atoms with van der Waals surface area (Å²) in [6.45, 7) is 1.06. The van der Waals surface area contributed by atoms with Crippen LogP contribution < -0.4 is 10.6 Å². The molecule has 1 aliphatic heterocycles. The number of nitrogens with one attached hydrogen (secondary N) is 2. The molecule has 1 atom stereocenters. The predicted octanol–water partition coefficient (Wildman–Crippen LogP) is 1.43. The summed E-state index contributed by atoms with van der Waals surface area (Å²) in [5, 5.41) is 5.48. The van der Waals surface area contributed by atoms with E-state index in [1.807, 2.05) is 30.3 Å². The summed E-state index contributed by atoms with van der Waals surface area (Å²) in [5.41, 5.74) is -0.750. The number of amides is 1. The molecule has 1 fully saturated rings. The first-order valence-corrected chi connectivity index (χ1v) is 5.43. The maximum atomic E-state index is 13.9. The lowest BCUT2D eigenvalue weighted by Crippen LogP contribution is -2.44. The van der Waals surface area contributed by atoms with Gasteiger partial charge in [-0.05, 0) is 12.1 Å². The van der Waals surface area contributed by atoms with Crippen molar-refractivity contribution in [2.24, 2.45) is 0 Å². The first-order valence-electron chi connectivity index (χ1n) is 5.43. The molecule has 1 amide bonds. The summed E-state index contributed by atoms with van der Waals surface area (Å²) in [7, 11) is 0. The summed E-state index contributed by atoms with van der Waals surface area (Å²) in [5.74, 6) is -0.513. The van der Waals surface area contributed by atoms with Crippen LogP contribution in [-0.4, -0.2) is 24.7 Å². The van der Waals surface area contributed by atoms with Gasteiger partial charge in [-0.25, -0.2) is 4.39 Å². The summed E-state index contributed by atoms with van der Waals surface area (Å²) in [4.78, 5) is 11.6. The third-order valence-electron chi connectivity index (χ3n) is 2.81. The zero-order valence-electron chi connectivity index (χ0n) is 9.41. The third kappa shape index (κ3) is 3.41. The Hall–Kier alpha value is -1.13. The molecule has 1 heterocycles. The topological polar surface area (TPSA) is 41.1 Å². The quantitative estimate of drug-likeness (QED) is 0.861. The van der Waals surface area contributed by atoms with Crippen molar-refractivity contribution in [2.45, 2.75) is 18.6 Å². The highest BCUT2D eigenvalue weighted by atomic mass is 35.5. The molecular weight excluding hydrogens is 243 g/mol. The van der Waals surface area contributed by atoms with Gasteiger partial charge in [-0.3, -0.25) is 4.79 Å². The molecule has 0 aliphatic carbocycles. The summed E-state index contributed by atoms with van der Waals surface area (Å²) in [6.07, 6.45) is 0.258. The maximum Gasteiger partial charge on any atom is 0.259 e. The number of hydrogen-bond donors (Lipinski definition) is 2. The van der Waals surface area contributed by atoms with Gasteiger partial charge in [0.1, 0.15) is 0 Å². The highest BCUT2D eigenvalue weighted by molar-refractivity contribution is 5.86. The minimum absolute atomic E-state index is 0. The van der Waals surface area contributed by atoms with Crippen molar-refractivity contribution >= 4 is 18.3 Å². The Kier molecular flexibility index (Phi) is 4.90. The summed E-state index contributed by atoms with van der Waals surface area (Å²) < 4.78 is 13.9. The molecule has 2 N–H and O–H groups in total. The van der Waals surface area contributed by atoms with E-state index in [0.29, 0.717) is 13.1 Å². The van der Waals surface area contributed by atoms with Gasteiger partial charge >= 0.3 is 0 Å². The number of rotatable bonds is 3. The average Bonchev–Trinajstić information content (AvgIpc) is 2.76. The highest BCUT2D eigenvalue weighted by Gasteiger charge is 2.41. The number of halogens is 2. The SMILES string of the molecule is Cl.O=C(NCc1ccccc1)C1(F)CCNC1. The minimum atomic E-state index is -1.73.